The maximum Gasteiger partial charge on any atom is 0.0554 e. The second-order valence-corrected chi connectivity index (χ2v) is 4.94. The Morgan fingerprint density at radius 1 is 1.54 bits per heavy atom. The third kappa shape index (κ3) is 2.22. The molecule has 0 aliphatic carbocycles. The normalized spacial score (nSPS) is 34.2. The number of piperidine rings is 1. The molecular formula is C10H20N2O. The summed E-state index contributed by atoms with van der Waals surface area (Å²) in [5.41, 5.74) is 6.34. The van der Waals surface area contributed by atoms with E-state index in [4.69, 9.17) is 10.5 Å². The van der Waals surface area contributed by atoms with Crippen LogP contribution in [0.3, 0.4) is 0 Å². The second-order valence-electron chi connectivity index (χ2n) is 4.94. The molecule has 76 valence electrons. The smallest absolute Gasteiger partial charge is 0.0554 e. The molecule has 2 rings (SSSR count). The maximum atomic E-state index is 5.93. The van der Waals surface area contributed by atoms with Gasteiger partial charge >= 0.3 is 0 Å². The summed E-state index contributed by atoms with van der Waals surface area (Å²) >= 11 is 0. The monoisotopic (exact) mass is 184 g/mol. The van der Waals surface area contributed by atoms with Crippen molar-refractivity contribution >= 4 is 0 Å². The van der Waals surface area contributed by atoms with E-state index in [2.05, 4.69) is 11.8 Å². The van der Waals surface area contributed by atoms with Gasteiger partial charge in [0.15, 0.2) is 0 Å². The first-order valence-corrected chi connectivity index (χ1v) is 5.24. The van der Waals surface area contributed by atoms with Gasteiger partial charge in [-0.3, -0.25) is 0 Å². The number of hydrogen-bond donors (Lipinski definition) is 1. The molecule has 3 heteroatoms. The van der Waals surface area contributed by atoms with E-state index in [1.165, 1.54) is 25.9 Å². The molecule has 2 N–H and O–H groups in total. The largest absolute Gasteiger partial charge is 0.380 e. The summed E-state index contributed by atoms with van der Waals surface area (Å²) in [4.78, 5) is 2.50. The Balaban J connectivity index is 1.80. The molecule has 0 aromatic heterocycles. The van der Waals surface area contributed by atoms with Crippen molar-refractivity contribution in [2.75, 3.05) is 32.8 Å². The minimum Gasteiger partial charge on any atom is -0.380 e. The van der Waals surface area contributed by atoms with Crippen LogP contribution >= 0.6 is 0 Å². The van der Waals surface area contributed by atoms with Gasteiger partial charge in [0.05, 0.1) is 13.2 Å². The lowest BCUT2D eigenvalue weighted by molar-refractivity contribution is -0.116. The number of likely N-dealkylation sites (tertiary alicyclic amines) is 1. The second kappa shape index (κ2) is 3.56. The molecule has 1 atom stereocenters. The number of rotatable bonds is 2. The lowest BCUT2D eigenvalue weighted by Crippen LogP contribution is -2.52. The average molecular weight is 184 g/mol. The third-order valence-corrected chi connectivity index (χ3v) is 3.05. The van der Waals surface area contributed by atoms with Crippen molar-refractivity contribution in [3.05, 3.63) is 0 Å². The first-order chi connectivity index (χ1) is 6.18. The molecule has 0 spiro atoms. The van der Waals surface area contributed by atoms with Crippen molar-refractivity contribution in [3.8, 4) is 0 Å². The molecule has 0 bridgehead atoms. The molecule has 0 amide bonds. The van der Waals surface area contributed by atoms with Crippen LogP contribution in [0.15, 0.2) is 0 Å². The Bertz CT molecular complexity index is 180. The minimum absolute atomic E-state index is 0.401. The van der Waals surface area contributed by atoms with Crippen LogP contribution in [0, 0.1) is 5.41 Å². The van der Waals surface area contributed by atoms with Crippen LogP contribution in [0.1, 0.15) is 19.8 Å². The Kier molecular flexibility index (Phi) is 2.58. The zero-order chi connectivity index (χ0) is 9.31. The molecule has 2 heterocycles. The molecule has 1 unspecified atom stereocenters. The van der Waals surface area contributed by atoms with Gasteiger partial charge in [0.25, 0.3) is 0 Å². The molecule has 13 heavy (non-hydrogen) atoms. The highest BCUT2D eigenvalue weighted by Crippen LogP contribution is 2.28. The minimum atomic E-state index is 0.401. The average Bonchev–Trinajstić information content (AvgIpc) is 2.01. The van der Waals surface area contributed by atoms with Gasteiger partial charge < -0.3 is 15.4 Å². The topological polar surface area (TPSA) is 38.5 Å². The van der Waals surface area contributed by atoms with Crippen molar-refractivity contribution in [1.82, 2.24) is 4.90 Å². The lowest BCUT2D eigenvalue weighted by atomic mass is 9.87. The summed E-state index contributed by atoms with van der Waals surface area (Å²) in [5.74, 6) is 0. The number of ether oxygens (including phenoxy) is 1. The Hall–Kier alpha value is -0.120. The molecule has 0 aromatic carbocycles. The van der Waals surface area contributed by atoms with Gasteiger partial charge in [-0.25, -0.2) is 0 Å². The molecular weight excluding hydrogens is 164 g/mol. The van der Waals surface area contributed by atoms with E-state index < -0.39 is 0 Å². The highest BCUT2D eigenvalue weighted by molar-refractivity contribution is 4.86. The van der Waals surface area contributed by atoms with Crippen molar-refractivity contribution in [3.63, 3.8) is 0 Å². The van der Waals surface area contributed by atoms with Crippen molar-refractivity contribution in [1.29, 1.82) is 0 Å². The predicted molar refractivity (Wildman–Crippen MR) is 52.6 cm³/mol. The molecule has 0 saturated carbocycles. The van der Waals surface area contributed by atoms with E-state index in [1.807, 2.05) is 0 Å². The molecule has 0 radical (unpaired) electrons. The zero-order valence-corrected chi connectivity index (χ0v) is 8.46. The van der Waals surface area contributed by atoms with Crippen molar-refractivity contribution in [2.45, 2.75) is 25.8 Å². The lowest BCUT2D eigenvalue weighted by Gasteiger charge is -2.43. The van der Waals surface area contributed by atoms with E-state index in [-0.39, 0.29) is 0 Å². The molecule has 2 fully saturated rings. The summed E-state index contributed by atoms with van der Waals surface area (Å²) < 4.78 is 5.25. The maximum absolute atomic E-state index is 5.93. The number of hydrogen-bond acceptors (Lipinski definition) is 3. The fourth-order valence-corrected chi connectivity index (χ4v) is 2.32. The molecule has 2 aliphatic rings. The molecule has 2 saturated heterocycles. The molecule has 3 nitrogen and oxygen atoms in total. The third-order valence-electron chi connectivity index (χ3n) is 3.05. The van der Waals surface area contributed by atoms with E-state index in [1.54, 1.807) is 0 Å². The summed E-state index contributed by atoms with van der Waals surface area (Å²) in [6, 6.07) is 0.401. The quantitative estimate of drug-likeness (QED) is 0.677. The fraction of sp³-hybridized carbons (Fsp3) is 1.00. The van der Waals surface area contributed by atoms with Crippen LogP contribution in [0.25, 0.3) is 0 Å². The zero-order valence-electron chi connectivity index (χ0n) is 8.46. The van der Waals surface area contributed by atoms with Crippen LogP contribution in [-0.4, -0.2) is 43.8 Å². The van der Waals surface area contributed by atoms with Gasteiger partial charge in [-0.05, 0) is 19.4 Å². The summed E-state index contributed by atoms with van der Waals surface area (Å²) in [5, 5.41) is 0. The molecule has 0 aromatic rings. The Morgan fingerprint density at radius 3 is 2.85 bits per heavy atom. The first kappa shape index (κ1) is 9.44. The Morgan fingerprint density at radius 2 is 2.31 bits per heavy atom. The SMILES string of the molecule is CC1(CN2CCCC(N)C2)COC1. The van der Waals surface area contributed by atoms with Gasteiger partial charge in [0.2, 0.25) is 0 Å². The van der Waals surface area contributed by atoms with Gasteiger partial charge in [0.1, 0.15) is 0 Å². The standard InChI is InChI=1S/C10H20N2O/c1-10(7-13-8-10)6-12-4-2-3-9(11)5-12/h9H,2-8,11H2,1H3. The van der Waals surface area contributed by atoms with Crippen molar-refractivity contribution < 1.29 is 4.74 Å². The summed E-state index contributed by atoms with van der Waals surface area (Å²) in [6.45, 7) is 7.63. The summed E-state index contributed by atoms with van der Waals surface area (Å²) in [7, 11) is 0. The van der Waals surface area contributed by atoms with Crippen LogP contribution in [-0.2, 0) is 4.74 Å². The van der Waals surface area contributed by atoms with E-state index >= 15 is 0 Å². The molecule has 2 aliphatic heterocycles. The number of nitrogens with zero attached hydrogens (tertiary/aromatic N) is 1. The summed E-state index contributed by atoms with van der Waals surface area (Å²) in [6.07, 6.45) is 2.46. The van der Waals surface area contributed by atoms with Crippen LogP contribution in [0.4, 0.5) is 0 Å². The van der Waals surface area contributed by atoms with E-state index in [9.17, 15) is 0 Å². The predicted octanol–water partition coefficient (Wildman–Crippen LogP) is 0.446. The van der Waals surface area contributed by atoms with E-state index in [0.717, 1.165) is 19.8 Å². The van der Waals surface area contributed by atoms with Crippen LogP contribution < -0.4 is 5.73 Å². The highest BCUT2D eigenvalue weighted by atomic mass is 16.5. The van der Waals surface area contributed by atoms with Gasteiger partial charge in [0, 0.05) is 24.5 Å². The van der Waals surface area contributed by atoms with Gasteiger partial charge in [-0.15, -0.1) is 0 Å². The van der Waals surface area contributed by atoms with Gasteiger partial charge in [-0.1, -0.05) is 6.92 Å². The van der Waals surface area contributed by atoms with Gasteiger partial charge in [-0.2, -0.15) is 0 Å². The fourth-order valence-electron chi connectivity index (χ4n) is 2.32. The highest BCUT2D eigenvalue weighted by Gasteiger charge is 2.35. The first-order valence-electron chi connectivity index (χ1n) is 5.24. The van der Waals surface area contributed by atoms with Crippen LogP contribution in [0.2, 0.25) is 0 Å². The van der Waals surface area contributed by atoms with Crippen LogP contribution in [0.5, 0.6) is 0 Å². The Labute approximate surface area is 80.2 Å². The van der Waals surface area contributed by atoms with E-state index in [0.29, 0.717) is 11.5 Å². The number of nitrogens with two attached hydrogens (primary N) is 1. The van der Waals surface area contributed by atoms with Crippen molar-refractivity contribution in [2.24, 2.45) is 11.1 Å².